The predicted molar refractivity (Wildman–Crippen MR) is 69.2 cm³/mol. The first-order chi connectivity index (χ1) is 8.41. The van der Waals surface area contributed by atoms with Gasteiger partial charge >= 0.3 is 5.97 Å². The third-order valence-electron chi connectivity index (χ3n) is 2.82. The number of carbonyl (C=O) groups excluding carboxylic acids is 1. The topological polar surface area (TPSA) is 70.5 Å². The zero-order valence-electron chi connectivity index (χ0n) is 10.8. The Morgan fingerprint density at radius 3 is 2.61 bits per heavy atom. The first-order valence-corrected chi connectivity index (χ1v) is 6.64. The molecule has 0 aromatic carbocycles. The molecule has 0 bridgehead atoms. The zero-order chi connectivity index (χ0) is 13.7. The maximum absolute atomic E-state index is 11.9. The first kappa shape index (κ1) is 14.6. The lowest BCUT2D eigenvalue weighted by molar-refractivity contribution is -0.147. The molecule has 5 nitrogen and oxygen atoms in total. The van der Waals surface area contributed by atoms with Gasteiger partial charge in [0.2, 0.25) is 5.91 Å². The standard InChI is InChI=1S/C12H18N2O3S/c1-8(2)10(12(16)17)4-11(15)14(3)6-9-5-13-7-18-9/h5,7-8,10H,4,6H2,1-3H3,(H,16,17)/t10-/m0/s1. The van der Waals surface area contributed by atoms with Crippen LogP contribution in [0.15, 0.2) is 11.7 Å². The first-order valence-electron chi connectivity index (χ1n) is 5.76. The SMILES string of the molecule is CC(C)[C@H](CC(=O)N(C)Cc1cncs1)C(=O)O. The van der Waals surface area contributed by atoms with E-state index in [4.69, 9.17) is 5.11 Å². The van der Waals surface area contributed by atoms with Gasteiger partial charge in [-0.3, -0.25) is 14.6 Å². The van der Waals surface area contributed by atoms with Crippen molar-refractivity contribution in [2.45, 2.75) is 26.8 Å². The van der Waals surface area contributed by atoms with Crippen LogP contribution in [0, 0.1) is 11.8 Å². The van der Waals surface area contributed by atoms with Gasteiger partial charge in [-0.25, -0.2) is 0 Å². The highest BCUT2D eigenvalue weighted by atomic mass is 32.1. The number of aromatic nitrogens is 1. The Bertz CT molecular complexity index is 403. The molecule has 1 amide bonds. The fourth-order valence-electron chi connectivity index (χ4n) is 1.59. The van der Waals surface area contributed by atoms with E-state index in [1.54, 1.807) is 23.7 Å². The molecule has 18 heavy (non-hydrogen) atoms. The minimum absolute atomic E-state index is 0.0440. The maximum atomic E-state index is 11.9. The van der Waals surface area contributed by atoms with Crippen LogP contribution in [0.2, 0.25) is 0 Å². The average Bonchev–Trinajstić information content (AvgIpc) is 2.77. The summed E-state index contributed by atoms with van der Waals surface area (Å²) in [5.74, 6) is -1.74. The molecule has 0 saturated heterocycles. The van der Waals surface area contributed by atoms with Crippen molar-refractivity contribution in [3.63, 3.8) is 0 Å². The molecule has 0 unspecified atom stereocenters. The fraction of sp³-hybridized carbons (Fsp3) is 0.583. The molecule has 1 heterocycles. The third kappa shape index (κ3) is 4.10. The lowest BCUT2D eigenvalue weighted by Gasteiger charge is -2.20. The highest BCUT2D eigenvalue weighted by molar-refractivity contribution is 7.09. The van der Waals surface area contributed by atoms with Crippen LogP contribution in [-0.4, -0.2) is 33.9 Å². The van der Waals surface area contributed by atoms with Gasteiger partial charge in [-0.1, -0.05) is 13.8 Å². The van der Waals surface area contributed by atoms with Gasteiger partial charge in [0.15, 0.2) is 0 Å². The second-order valence-electron chi connectivity index (χ2n) is 4.61. The van der Waals surface area contributed by atoms with Crippen molar-refractivity contribution in [3.8, 4) is 0 Å². The van der Waals surface area contributed by atoms with Crippen molar-refractivity contribution in [3.05, 3.63) is 16.6 Å². The normalized spacial score (nSPS) is 12.4. The molecule has 0 aliphatic carbocycles. The largest absolute Gasteiger partial charge is 0.481 e. The number of hydrogen-bond acceptors (Lipinski definition) is 4. The van der Waals surface area contributed by atoms with Crippen LogP contribution in [0.5, 0.6) is 0 Å². The summed E-state index contributed by atoms with van der Waals surface area (Å²) in [5.41, 5.74) is 1.71. The van der Waals surface area contributed by atoms with E-state index in [9.17, 15) is 9.59 Å². The molecule has 0 saturated carbocycles. The molecule has 1 aromatic heterocycles. The van der Waals surface area contributed by atoms with E-state index in [2.05, 4.69) is 4.98 Å². The van der Waals surface area contributed by atoms with Crippen molar-refractivity contribution < 1.29 is 14.7 Å². The molecule has 0 fully saturated rings. The Balaban J connectivity index is 2.56. The Morgan fingerprint density at radius 1 is 1.50 bits per heavy atom. The number of aliphatic carboxylic acids is 1. The predicted octanol–water partition coefficient (Wildman–Crippen LogP) is 1.85. The van der Waals surface area contributed by atoms with E-state index in [0.717, 1.165) is 4.88 Å². The van der Waals surface area contributed by atoms with Crippen LogP contribution in [0.3, 0.4) is 0 Å². The number of amides is 1. The fourth-order valence-corrected chi connectivity index (χ4v) is 2.24. The lowest BCUT2D eigenvalue weighted by atomic mass is 9.92. The van der Waals surface area contributed by atoms with Crippen LogP contribution in [0.4, 0.5) is 0 Å². The quantitative estimate of drug-likeness (QED) is 0.856. The second-order valence-corrected chi connectivity index (χ2v) is 5.58. The van der Waals surface area contributed by atoms with E-state index in [1.165, 1.54) is 11.3 Å². The number of hydrogen-bond donors (Lipinski definition) is 1. The van der Waals surface area contributed by atoms with Gasteiger partial charge in [-0.05, 0) is 5.92 Å². The maximum Gasteiger partial charge on any atom is 0.307 e. The molecule has 100 valence electrons. The van der Waals surface area contributed by atoms with Crippen LogP contribution < -0.4 is 0 Å². The van der Waals surface area contributed by atoms with E-state index < -0.39 is 11.9 Å². The molecule has 0 aliphatic heterocycles. The van der Waals surface area contributed by atoms with E-state index in [0.29, 0.717) is 6.54 Å². The molecule has 0 radical (unpaired) electrons. The van der Waals surface area contributed by atoms with Gasteiger partial charge in [-0.2, -0.15) is 0 Å². The minimum atomic E-state index is -0.912. The Labute approximate surface area is 110 Å². The average molecular weight is 270 g/mol. The van der Waals surface area contributed by atoms with Crippen LogP contribution in [0.25, 0.3) is 0 Å². The monoisotopic (exact) mass is 270 g/mol. The summed E-state index contributed by atoms with van der Waals surface area (Å²) in [6, 6.07) is 0. The molecule has 0 spiro atoms. The summed E-state index contributed by atoms with van der Waals surface area (Å²) >= 11 is 1.48. The highest BCUT2D eigenvalue weighted by Crippen LogP contribution is 2.17. The minimum Gasteiger partial charge on any atom is -0.481 e. The summed E-state index contributed by atoms with van der Waals surface area (Å²) < 4.78 is 0. The summed E-state index contributed by atoms with van der Waals surface area (Å²) in [6.07, 6.45) is 1.76. The number of rotatable bonds is 6. The zero-order valence-corrected chi connectivity index (χ0v) is 11.6. The highest BCUT2D eigenvalue weighted by Gasteiger charge is 2.26. The number of carboxylic acids is 1. The van der Waals surface area contributed by atoms with E-state index in [1.807, 2.05) is 13.8 Å². The van der Waals surface area contributed by atoms with Crippen molar-refractivity contribution >= 4 is 23.2 Å². The Morgan fingerprint density at radius 2 is 2.17 bits per heavy atom. The van der Waals surface area contributed by atoms with E-state index >= 15 is 0 Å². The Kier molecular flexibility index (Phi) is 5.27. The third-order valence-corrected chi connectivity index (χ3v) is 3.58. The number of thiazole rings is 1. The molecule has 0 aliphatic rings. The number of carbonyl (C=O) groups is 2. The van der Waals surface area contributed by atoms with E-state index in [-0.39, 0.29) is 18.2 Å². The van der Waals surface area contributed by atoms with Crippen molar-refractivity contribution in [2.24, 2.45) is 11.8 Å². The van der Waals surface area contributed by atoms with Crippen LogP contribution >= 0.6 is 11.3 Å². The van der Waals surface area contributed by atoms with Crippen LogP contribution in [0.1, 0.15) is 25.1 Å². The lowest BCUT2D eigenvalue weighted by Crippen LogP contribution is -2.31. The van der Waals surface area contributed by atoms with Gasteiger partial charge in [0, 0.05) is 24.5 Å². The van der Waals surface area contributed by atoms with Gasteiger partial charge in [0.05, 0.1) is 18.0 Å². The summed E-state index contributed by atoms with van der Waals surface area (Å²) in [6.45, 7) is 4.11. The van der Waals surface area contributed by atoms with Crippen LogP contribution in [-0.2, 0) is 16.1 Å². The molecule has 1 atom stereocenters. The molecule has 1 aromatic rings. The van der Waals surface area contributed by atoms with Crippen molar-refractivity contribution in [1.29, 1.82) is 0 Å². The molecule has 1 rings (SSSR count). The van der Waals surface area contributed by atoms with Crippen molar-refractivity contribution in [1.82, 2.24) is 9.88 Å². The van der Waals surface area contributed by atoms with Gasteiger partial charge in [0.1, 0.15) is 0 Å². The van der Waals surface area contributed by atoms with Gasteiger partial charge < -0.3 is 10.0 Å². The van der Waals surface area contributed by atoms with Crippen molar-refractivity contribution in [2.75, 3.05) is 7.05 Å². The summed E-state index contributed by atoms with van der Waals surface area (Å²) in [5, 5.41) is 9.05. The number of nitrogens with zero attached hydrogens (tertiary/aromatic N) is 2. The summed E-state index contributed by atoms with van der Waals surface area (Å²) in [7, 11) is 1.68. The van der Waals surface area contributed by atoms with Gasteiger partial charge in [0.25, 0.3) is 0 Å². The molecular formula is C12H18N2O3S. The molecular weight excluding hydrogens is 252 g/mol. The number of carboxylic acid groups (broad SMARTS) is 1. The second kappa shape index (κ2) is 6.49. The Hall–Kier alpha value is -1.43. The van der Waals surface area contributed by atoms with Gasteiger partial charge in [-0.15, -0.1) is 11.3 Å². The molecule has 1 N–H and O–H groups in total. The molecule has 6 heteroatoms. The smallest absolute Gasteiger partial charge is 0.307 e. The summed E-state index contributed by atoms with van der Waals surface area (Å²) in [4.78, 5) is 29.4.